The quantitative estimate of drug-likeness (QED) is 0.762. The first-order chi connectivity index (χ1) is 14.0. The van der Waals surface area contributed by atoms with Gasteiger partial charge in [0, 0.05) is 32.7 Å². The van der Waals surface area contributed by atoms with Crippen molar-refractivity contribution < 1.29 is 18.8 Å². The maximum absolute atomic E-state index is 13.9. The second kappa shape index (κ2) is 8.10. The van der Waals surface area contributed by atoms with Gasteiger partial charge in [-0.05, 0) is 44.0 Å². The van der Waals surface area contributed by atoms with Crippen LogP contribution in [-0.4, -0.2) is 84.3 Å². The number of benzene rings is 1. The monoisotopic (exact) mass is 402 g/mol. The Morgan fingerprint density at radius 1 is 1.14 bits per heavy atom. The number of piperazine rings is 1. The van der Waals surface area contributed by atoms with Gasteiger partial charge < -0.3 is 14.7 Å². The number of hydrogen-bond donors (Lipinski definition) is 0. The van der Waals surface area contributed by atoms with Crippen LogP contribution in [0.25, 0.3) is 0 Å². The maximum atomic E-state index is 13.9. The molecule has 7 nitrogen and oxygen atoms in total. The number of fused-ring (bicyclic) bond motifs is 2. The van der Waals surface area contributed by atoms with Crippen LogP contribution in [0.3, 0.4) is 0 Å². The van der Waals surface area contributed by atoms with Gasteiger partial charge in [0.15, 0.2) is 0 Å². The zero-order valence-electron chi connectivity index (χ0n) is 16.8. The number of halogens is 1. The van der Waals surface area contributed by atoms with Crippen molar-refractivity contribution in [3.63, 3.8) is 0 Å². The van der Waals surface area contributed by atoms with E-state index in [0.717, 1.165) is 32.5 Å². The number of nitrogens with zero attached hydrogens (tertiary/aromatic N) is 4. The van der Waals surface area contributed by atoms with E-state index in [1.54, 1.807) is 4.90 Å². The fraction of sp³-hybridized carbons (Fsp3) is 0.571. The molecule has 3 aliphatic rings. The molecule has 29 heavy (non-hydrogen) atoms. The molecule has 2 fully saturated rings. The third-order valence-corrected chi connectivity index (χ3v) is 6.10. The van der Waals surface area contributed by atoms with Crippen molar-refractivity contribution in [3.05, 3.63) is 29.6 Å². The highest BCUT2D eigenvalue weighted by molar-refractivity contribution is 6.12. The minimum Gasteiger partial charge on any atom is -0.339 e. The molecule has 0 unspecified atom stereocenters. The standard InChI is InChI=1S/C21H27FN4O3/c1-2-7-23-9-11-24(12-10-23)19(27)14-26-17-6-5-15(22)13-16(17)20(28)25-8-3-4-18(25)21(26)29/h5-6,13,18H,2-4,7-12,14H2,1H3/t18-/m1/s1. The molecule has 0 spiro atoms. The molecule has 0 N–H and O–H groups in total. The smallest absolute Gasteiger partial charge is 0.256 e. The van der Waals surface area contributed by atoms with Crippen LogP contribution in [-0.2, 0) is 9.59 Å². The van der Waals surface area contributed by atoms with Crippen molar-refractivity contribution in [1.29, 1.82) is 0 Å². The van der Waals surface area contributed by atoms with Gasteiger partial charge in [-0.15, -0.1) is 0 Å². The number of rotatable bonds is 4. The van der Waals surface area contributed by atoms with Crippen LogP contribution in [0.4, 0.5) is 10.1 Å². The zero-order valence-corrected chi connectivity index (χ0v) is 16.8. The molecule has 3 heterocycles. The van der Waals surface area contributed by atoms with Gasteiger partial charge in [-0.2, -0.15) is 0 Å². The number of hydrogen-bond acceptors (Lipinski definition) is 4. The van der Waals surface area contributed by atoms with Gasteiger partial charge in [0.2, 0.25) is 11.8 Å². The Bertz CT molecular complexity index is 822. The number of carbonyl (C=O) groups excluding carboxylic acids is 3. The lowest BCUT2D eigenvalue weighted by Crippen LogP contribution is -2.53. The van der Waals surface area contributed by atoms with E-state index >= 15 is 0 Å². The van der Waals surface area contributed by atoms with E-state index in [-0.39, 0.29) is 29.8 Å². The van der Waals surface area contributed by atoms with Gasteiger partial charge in [-0.25, -0.2) is 4.39 Å². The minimum absolute atomic E-state index is 0.122. The number of carbonyl (C=O) groups is 3. The molecule has 0 bridgehead atoms. The fourth-order valence-electron chi connectivity index (χ4n) is 4.57. The third-order valence-electron chi connectivity index (χ3n) is 6.10. The topological polar surface area (TPSA) is 64.2 Å². The normalized spacial score (nSPS) is 22.6. The molecule has 8 heteroatoms. The molecule has 0 saturated carbocycles. The van der Waals surface area contributed by atoms with Crippen LogP contribution in [0.15, 0.2) is 18.2 Å². The van der Waals surface area contributed by atoms with Gasteiger partial charge in [0.25, 0.3) is 5.91 Å². The summed E-state index contributed by atoms with van der Waals surface area (Å²) in [5, 5.41) is 0. The molecule has 3 aliphatic heterocycles. The van der Waals surface area contributed by atoms with Crippen molar-refractivity contribution in [2.24, 2.45) is 0 Å². The molecule has 0 aliphatic carbocycles. The van der Waals surface area contributed by atoms with Crippen LogP contribution in [0.2, 0.25) is 0 Å². The average Bonchev–Trinajstić information content (AvgIpc) is 3.19. The van der Waals surface area contributed by atoms with Crippen molar-refractivity contribution >= 4 is 23.4 Å². The Morgan fingerprint density at radius 2 is 1.90 bits per heavy atom. The molecule has 0 radical (unpaired) electrons. The Labute approximate surface area is 170 Å². The van der Waals surface area contributed by atoms with Gasteiger partial charge in [0.05, 0.1) is 11.3 Å². The summed E-state index contributed by atoms with van der Waals surface area (Å²) < 4.78 is 13.9. The summed E-state index contributed by atoms with van der Waals surface area (Å²) in [5.41, 5.74) is 0.483. The molecular formula is C21H27FN4O3. The summed E-state index contributed by atoms with van der Waals surface area (Å²) in [7, 11) is 0. The Kier molecular flexibility index (Phi) is 5.54. The first-order valence-electron chi connectivity index (χ1n) is 10.4. The van der Waals surface area contributed by atoms with E-state index in [4.69, 9.17) is 0 Å². The van der Waals surface area contributed by atoms with Crippen molar-refractivity contribution in [1.82, 2.24) is 14.7 Å². The first kappa shape index (κ1) is 19.8. The second-order valence-electron chi connectivity index (χ2n) is 7.96. The number of amides is 3. The van der Waals surface area contributed by atoms with Crippen LogP contribution in [0.5, 0.6) is 0 Å². The Morgan fingerprint density at radius 3 is 2.62 bits per heavy atom. The molecule has 2 saturated heterocycles. The maximum Gasteiger partial charge on any atom is 0.256 e. The SMILES string of the molecule is CCCN1CCN(C(=O)CN2C(=O)[C@H]3CCCN3C(=O)c3cc(F)ccc32)CC1. The summed E-state index contributed by atoms with van der Waals surface area (Å²) in [4.78, 5) is 46.2. The van der Waals surface area contributed by atoms with Crippen molar-refractivity contribution in [2.75, 3.05) is 50.7 Å². The first-order valence-corrected chi connectivity index (χ1v) is 10.4. The fourth-order valence-corrected chi connectivity index (χ4v) is 4.57. The lowest BCUT2D eigenvalue weighted by Gasteiger charge is -2.36. The largest absolute Gasteiger partial charge is 0.339 e. The van der Waals surface area contributed by atoms with Crippen LogP contribution >= 0.6 is 0 Å². The summed E-state index contributed by atoms with van der Waals surface area (Å²) >= 11 is 0. The van der Waals surface area contributed by atoms with Crippen LogP contribution < -0.4 is 4.90 Å². The molecule has 1 aromatic rings. The molecule has 156 valence electrons. The summed E-state index contributed by atoms with van der Waals surface area (Å²) in [6.07, 6.45) is 2.38. The highest BCUT2D eigenvalue weighted by Gasteiger charge is 2.43. The highest BCUT2D eigenvalue weighted by atomic mass is 19.1. The lowest BCUT2D eigenvalue weighted by atomic mass is 10.1. The predicted molar refractivity (Wildman–Crippen MR) is 106 cm³/mol. The van der Waals surface area contributed by atoms with Gasteiger partial charge in [-0.3, -0.25) is 19.3 Å². The average molecular weight is 402 g/mol. The Hall–Kier alpha value is -2.48. The Balaban J connectivity index is 1.57. The van der Waals surface area contributed by atoms with E-state index in [1.165, 1.54) is 28.0 Å². The molecule has 4 rings (SSSR count). The molecule has 1 atom stereocenters. The van der Waals surface area contributed by atoms with Gasteiger partial charge in [0.1, 0.15) is 18.4 Å². The molecular weight excluding hydrogens is 375 g/mol. The summed E-state index contributed by atoms with van der Waals surface area (Å²) in [6.45, 7) is 6.42. The second-order valence-corrected chi connectivity index (χ2v) is 7.96. The van der Waals surface area contributed by atoms with E-state index in [1.807, 2.05) is 0 Å². The van der Waals surface area contributed by atoms with Crippen LogP contribution in [0.1, 0.15) is 36.5 Å². The predicted octanol–water partition coefficient (Wildman–Crippen LogP) is 1.33. The lowest BCUT2D eigenvalue weighted by molar-refractivity contribution is -0.133. The van der Waals surface area contributed by atoms with Gasteiger partial charge in [-0.1, -0.05) is 6.92 Å². The molecule has 1 aromatic carbocycles. The van der Waals surface area contributed by atoms with Crippen LogP contribution in [0, 0.1) is 5.82 Å². The summed E-state index contributed by atoms with van der Waals surface area (Å²) in [6, 6.07) is 3.27. The van der Waals surface area contributed by atoms with E-state index in [2.05, 4.69) is 11.8 Å². The molecule has 0 aromatic heterocycles. The molecule has 3 amide bonds. The minimum atomic E-state index is -0.577. The van der Waals surface area contributed by atoms with E-state index < -0.39 is 11.9 Å². The highest BCUT2D eigenvalue weighted by Crippen LogP contribution is 2.33. The van der Waals surface area contributed by atoms with Gasteiger partial charge >= 0.3 is 0 Å². The van der Waals surface area contributed by atoms with E-state index in [9.17, 15) is 18.8 Å². The van der Waals surface area contributed by atoms with Crippen molar-refractivity contribution in [2.45, 2.75) is 32.2 Å². The van der Waals surface area contributed by atoms with E-state index in [0.29, 0.717) is 31.7 Å². The third kappa shape index (κ3) is 3.73. The zero-order chi connectivity index (χ0) is 20.5. The summed E-state index contributed by atoms with van der Waals surface area (Å²) in [5.74, 6) is -1.25. The van der Waals surface area contributed by atoms with Crippen molar-refractivity contribution in [3.8, 4) is 0 Å². The number of anilines is 1.